The van der Waals surface area contributed by atoms with Crippen LogP contribution in [0.2, 0.25) is 0 Å². The van der Waals surface area contributed by atoms with Gasteiger partial charge in [0.1, 0.15) is 17.8 Å². The van der Waals surface area contributed by atoms with Gasteiger partial charge in [-0.1, -0.05) is 12.1 Å². The zero-order valence-electron chi connectivity index (χ0n) is 12.9. The molecular formula is C15H22N2O5. The first kappa shape index (κ1) is 17.9. The van der Waals surface area contributed by atoms with Crippen molar-refractivity contribution in [2.45, 2.75) is 38.6 Å². The first-order valence-electron chi connectivity index (χ1n) is 6.83. The number of benzene rings is 1. The smallest absolute Gasteiger partial charge is 0.407 e. The van der Waals surface area contributed by atoms with Crippen molar-refractivity contribution in [3.05, 3.63) is 35.4 Å². The van der Waals surface area contributed by atoms with Crippen molar-refractivity contribution in [1.29, 1.82) is 0 Å². The third kappa shape index (κ3) is 5.71. The minimum absolute atomic E-state index is 0.173. The summed E-state index contributed by atoms with van der Waals surface area (Å²) in [7, 11) is 0. The van der Waals surface area contributed by atoms with E-state index in [9.17, 15) is 19.8 Å². The molecule has 0 aliphatic carbocycles. The summed E-state index contributed by atoms with van der Waals surface area (Å²) in [5.41, 5.74) is 5.19. The van der Waals surface area contributed by atoms with E-state index in [1.54, 1.807) is 20.8 Å². The fraction of sp³-hybridized carbons (Fsp3) is 0.467. The van der Waals surface area contributed by atoms with Gasteiger partial charge in [0.2, 0.25) is 5.91 Å². The molecule has 7 nitrogen and oxygen atoms in total. The Labute approximate surface area is 129 Å². The van der Waals surface area contributed by atoms with Gasteiger partial charge >= 0.3 is 6.09 Å². The van der Waals surface area contributed by atoms with Crippen molar-refractivity contribution in [1.82, 2.24) is 5.32 Å². The number of hydrogen-bond donors (Lipinski definition) is 4. The molecule has 0 bridgehead atoms. The molecule has 0 fully saturated rings. The second-order valence-electron chi connectivity index (χ2n) is 5.88. The van der Waals surface area contributed by atoms with Crippen LogP contribution in [0.4, 0.5) is 4.79 Å². The second-order valence-corrected chi connectivity index (χ2v) is 5.88. The molecule has 0 saturated carbocycles. The average Bonchev–Trinajstić information content (AvgIpc) is 2.42. The normalized spacial score (nSPS) is 14.0. The van der Waals surface area contributed by atoms with E-state index in [-0.39, 0.29) is 6.54 Å². The highest BCUT2D eigenvalue weighted by Crippen LogP contribution is 2.17. The maximum Gasteiger partial charge on any atom is 0.407 e. The summed E-state index contributed by atoms with van der Waals surface area (Å²) >= 11 is 0. The Morgan fingerprint density at radius 3 is 2.23 bits per heavy atom. The molecule has 0 heterocycles. The Morgan fingerprint density at radius 2 is 1.77 bits per heavy atom. The molecule has 0 aromatic heterocycles. The molecule has 2 unspecified atom stereocenters. The monoisotopic (exact) mass is 310 g/mol. The molecule has 2 atom stereocenters. The Balaban J connectivity index is 2.56. The van der Waals surface area contributed by atoms with Crippen LogP contribution in [0.15, 0.2) is 24.3 Å². The molecule has 0 spiro atoms. The number of nitrogens with one attached hydrogen (secondary N) is 1. The fourth-order valence-electron chi connectivity index (χ4n) is 1.68. The molecular weight excluding hydrogens is 288 g/mol. The van der Waals surface area contributed by atoms with Crippen LogP contribution >= 0.6 is 0 Å². The number of carbonyl (C=O) groups is 2. The molecule has 0 radical (unpaired) electrons. The average molecular weight is 310 g/mol. The molecule has 1 aromatic carbocycles. The van der Waals surface area contributed by atoms with E-state index in [1.807, 2.05) is 0 Å². The number of amides is 2. The number of aliphatic hydroxyl groups is 2. The highest BCUT2D eigenvalue weighted by Gasteiger charge is 2.21. The number of hydrogen-bond acceptors (Lipinski definition) is 5. The molecule has 7 heteroatoms. The van der Waals surface area contributed by atoms with Gasteiger partial charge in [0.15, 0.2) is 0 Å². The summed E-state index contributed by atoms with van der Waals surface area (Å²) in [5.74, 6) is -0.576. The zero-order valence-corrected chi connectivity index (χ0v) is 12.9. The lowest BCUT2D eigenvalue weighted by Gasteiger charge is -2.22. The standard InChI is InChI=1S/C15H22N2O5/c1-15(2,3)22-14(21)17-8-11(18)12(19)9-4-6-10(7-5-9)13(16)20/h4-7,11-12,18-19H,8H2,1-3H3,(H2,16,20)(H,17,21). The lowest BCUT2D eigenvalue weighted by Crippen LogP contribution is -2.38. The first-order chi connectivity index (χ1) is 10.1. The van der Waals surface area contributed by atoms with Gasteiger partial charge in [-0.15, -0.1) is 0 Å². The number of nitrogens with two attached hydrogens (primary N) is 1. The van der Waals surface area contributed by atoms with E-state index in [4.69, 9.17) is 10.5 Å². The van der Waals surface area contributed by atoms with Crippen LogP contribution in [-0.2, 0) is 4.74 Å². The lowest BCUT2D eigenvalue weighted by molar-refractivity contribution is 0.0129. The van der Waals surface area contributed by atoms with Crippen LogP contribution < -0.4 is 11.1 Å². The van der Waals surface area contributed by atoms with E-state index in [1.165, 1.54) is 24.3 Å². The van der Waals surface area contributed by atoms with Crippen LogP contribution in [0.25, 0.3) is 0 Å². The summed E-state index contributed by atoms with van der Waals surface area (Å²) < 4.78 is 5.02. The number of primary amides is 1. The van der Waals surface area contributed by atoms with Crippen LogP contribution in [0.5, 0.6) is 0 Å². The number of alkyl carbamates (subject to hydrolysis) is 1. The molecule has 0 aliphatic rings. The third-order valence-corrected chi connectivity index (χ3v) is 2.76. The molecule has 22 heavy (non-hydrogen) atoms. The highest BCUT2D eigenvalue weighted by molar-refractivity contribution is 5.92. The van der Waals surface area contributed by atoms with E-state index in [0.29, 0.717) is 11.1 Å². The van der Waals surface area contributed by atoms with Gasteiger partial charge in [-0.25, -0.2) is 4.79 Å². The Hall–Kier alpha value is -2.12. The summed E-state index contributed by atoms with van der Waals surface area (Å²) in [6, 6.07) is 5.88. The van der Waals surface area contributed by atoms with Crippen LogP contribution in [-0.4, -0.2) is 40.5 Å². The molecule has 1 rings (SSSR count). The third-order valence-electron chi connectivity index (χ3n) is 2.76. The van der Waals surface area contributed by atoms with E-state index in [2.05, 4.69) is 5.32 Å². The molecule has 5 N–H and O–H groups in total. The Morgan fingerprint density at radius 1 is 1.23 bits per heavy atom. The predicted octanol–water partition coefficient (Wildman–Crippen LogP) is 0.705. The zero-order chi connectivity index (χ0) is 16.9. The van der Waals surface area contributed by atoms with Gasteiger partial charge in [-0.05, 0) is 38.5 Å². The van der Waals surface area contributed by atoms with Gasteiger partial charge < -0.3 is 26.0 Å². The molecule has 0 aliphatic heterocycles. The van der Waals surface area contributed by atoms with E-state index in [0.717, 1.165) is 0 Å². The predicted molar refractivity (Wildman–Crippen MR) is 80.2 cm³/mol. The summed E-state index contributed by atoms with van der Waals surface area (Å²) in [5, 5.41) is 22.3. The summed E-state index contributed by atoms with van der Waals surface area (Å²) in [4.78, 5) is 22.4. The minimum Gasteiger partial charge on any atom is -0.444 e. The van der Waals surface area contributed by atoms with Crippen molar-refractivity contribution < 1.29 is 24.5 Å². The van der Waals surface area contributed by atoms with Gasteiger partial charge in [-0.2, -0.15) is 0 Å². The number of aliphatic hydroxyl groups excluding tert-OH is 2. The summed E-state index contributed by atoms with van der Waals surface area (Å²) in [6.45, 7) is 4.99. The van der Waals surface area contributed by atoms with Crippen molar-refractivity contribution in [2.75, 3.05) is 6.54 Å². The van der Waals surface area contributed by atoms with Crippen LogP contribution in [0, 0.1) is 0 Å². The number of ether oxygens (including phenoxy) is 1. The van der Waals surface area contributed by atoms with Crippen molar-refractivity contribution in [2.24, 2.45) is 5.73 Å². The maximum atomic E-state index is 11.5. The number of rotatable bonds is 5. The Kier molecular flexibility index (Phi) is 5.90. The van der Waals surface area contributed by atoms with E-state index < -0.39 is 29.8 Å². The van der Waals surface area contributed by atoms with Crippen LogP contribution in [0.1, 0.15) is 42.8 Å². The van der Waals surface area contributed by atoms with E-state index >= 15 is 0 Å². The molecule has 1 aromatic rings. The van der Waals surface area contributed by atoms with Gasteiger partial charge in [0, 0.05) is 12.1 Å². The Bertz CT molecular complexity index is 522. The SMILES string of the molecule is CC(C)(C)OC(=O)NCC(O)C(O)c1ccc(C(N)=O)cc1. The largest absolute Gasteiger partial charge is 0.444 e. The highest BCUT2D eigenvalue weighted by atomic mass is 16.6. The minimum atomic E-state index is -1.22. The maximum absolute atomic E-state index is 11.5. The van der Waals surface area contributed by atoms with Crippen molar-refractivity contribution in [3.8, 4) is 0 Å². The van der Waals surface area contributed by atoms with Crippen LogP contribution in [0.3, 0.4) is 0 Å². The molecule has 0 saturated heterocycles. The molecule has 122 valence electrons. The van der Waals surface area contributed by atoms with Gasteiger partial charge in [0.25, 0.3) is 0 Å². The van der Waals surface area contributed by atoms with Crippen molar-refractivity contribution in [3.63, 3.8) is 0 Å². The lowest BCUT2D eigenvalue weighted by atomic mass is 10.0. The first-order valence-corrected chi connectivity index (χ1v) is 6.83. The van der Waals surface area contributed by atoms with Gasteiger partial charge in [0.05, 0.1) is 0 Å². The number of carbonyl (C=O) groups excluding carboxylic acids is 2. The van der Waals surface area contributed by atoms with Crippen molar-refractivity contribution >= 4 is 12.0 Å². The quantitative estimate of drug-likeness (QED) is 0.638. The summed E-state index contributed by atoms with van der Waals surface area (Å²) in [6.07, 6.45) is -3.10. The second kappa shape index (κ2) is 7.24. The molecule has 2 amide bonds. The fourth-order valence-corrected chi connectivity index (χ4v) is 1.68. The topological polar surface area (TPSA) is 122 Å². The van der Waals surface area contributed by atoms with Gasteiger partial charge in [-0.3, -0.25) is 4.79 Å².